The molecule has 0 N–H and O–H groups in total. The van der Waals surface area contributed by atoms with Gasteiger partial charge < -0.3 is 4.74 Å². The molecule has 2 atom stereocenters. The van der Waals surface area contributed by atoms with Gasteiger partial charge in [0.1, 0.15) is 0 Å². The highest BCUT2D eigenvalue weighted by atomic mass is 32.2. The Labute approximate surface area is 154 Å². The van der Waals surface area contributed by atoms with Crippen LogP contribution < -0.4 is 0 Å². The van der Waals surface area contributed by atoms with Crippen molar-refractivity contribution in [3.8, 4) is 0 Å². The smallest absolute Gasteiger partial charge is 0.309 e. The van der Waals surface area contributed by atoms with E-state index in [1.807, 2.05) is 37.3 Å². The highest BCUT2D eigenvalue weighted by Gasteiger charge is 2.40. The molecular formula is C20H23NO4S. The number of hydrogen-bond donors (Lipinski definition) is 0. The van der Waals surface area contributed by atoms with Gasteiger partial charge >= 0.3 is 5.97 Å². The van der Waals surface area contributed by atoms with Crippen molar-refractivity contribution in [2.75, 3.05) is 13.7 Å². The van der Waals surface area contributed by atoms with E-state index < -0.39 is 15.9 Å². The molecule has 6 heteroatoms. The van der Waals surface area contributed by atoms with E-state index in [4.69, 9.17) is 4.74 Å². The van der Waals surface area contributed by atoms with Crippen molar-refractivity contribution in [2.24, 2.45) is 5.92 Å². The van der Waals surface area contributed by atoms with Gasteiger partial charge in [-0.15, -0.1) is 0 Å². The maximum atomic E-state index is 13.3. The standard InChI is InChI=1S/C20H23NO4S/c1-15-8-11-18(12-9-15)26(23,24)21-14-17(20(22)25-2)10-13-19(21)16-6-4-3-5-7-16/h3-9,11-12,17,19H,10,13-14H2,1-2H3/t17?,19-/m1/s1. The fourth-order valence-electron chi connectivity index (χ4n) is 3.42. The summed E-state index contributed by atoms with van der Waals surface area (Å²) in [5.74, 6) is -0.805. The number of esters is 1. The maximum Gasteiger partial charge on any atom is 0.309 e. The zero-order chi connectivity index (χ0) is 18.7. The largest absolute Gasteiger partial charge is 0.469 e. The molecule has 1 aliphatic heterocycles. The van der Waals surface area contributed by atoms with Gasteiger partial charge in [0.15, 0.2) is 0 Å². The minimum absolute atomic E-state index is 0.127. The number of hydrogen-bond acceptors (Lipinski definition) is 4. The van der Waals surface area contributed by atoms with Gasteiger partial charge in [0.2, 0.25) is 10.0 Å². The first-order valence-electron chi connectivity index (χ1n) is 8.65. The Bertz CT molecular complexity index is 862. The molecule has 0 amide bonds. The second-order valence-corrected chi connectivity index (χ2v) is 8.50. The third-order valence-corrected chi connectivity index (χ3v) is 6.77. The molecule has 2 aromatic carbocycles. The van der Waals surface area contributed by atoms with E-state index in [2.05, 4.69) is 0 Å². The van der Waals surface area contributed by atoms with Crippen molar-refractivity contribution in [3.63, 3.8) is 0 Å². The lowest BCUT2D eigenvalue weighted by Crippen LogP contribution is -2.44. The molecule has 0 saturated carbocycles. The molecule has 2 aromatic rings. The molecule has 1 aliphatic rings. The van der Waals surface area contributed by atoms with Crippen LogP contribution >= 0.6 is 0 Å². The van der Waals surface area contributed by atoms with Gasteiger partial charge in [-0.3, -0.25) is 4.79 Å². The Morgan fingerprint density at radius 3 is 2.31 bits per heavy atom. The summed E-state index contributed by atoms with van der Waals surface area (Å²) in [6.45, 7) is 2.04. The van der Waals surface area contributed by atoms with Crippen molar-refractivity contribution >= 4 is 16.0 Å². The third-order valence-electron chi connectivity index (χ3n) is 4.88. The van der Waals surface area contributed by atoms with Crippen LogP contribution in [0.1, 0.15) is 30.0 Å². The minimum Gasteiger partial charge on any atom is -0.469 e. The molecule has 0 bridgehead atoms. The molecule has 0 spiro atoms. The van der Waals surface area contributed by atoms with E-state index in [0.717, 1.165) is 11.1 Å². The number of carbonyl (C=O) groups excluding carboxylic acids is 1. The number of carbonyl (C=O) groups is 1. The lowest BCUT2D eigenvalue weighted by Gasteiger charge is -2.38. The van der Waals surface area contributed by atoms with E-state index >= 15 is 0 Å². The molecule has 1 heterocycles. The quantitative estimate of drug-likeness (QED) is 0.772. The summed E-state index contributed by atoms with van der Waals surface area (Å²) in [7, 11) is -2.39. The van der Waals surface area contributed by atoms with Crippen molar-refractivity contribution in [3.05, 3.63) is 65.7 Å². The molecule has 1 fully saturated rings. The van der Waals surface area contributed by atoms with Crippen molar-refractivity contribution in [1.82, 2.24) is 4.31 Å². The minimum atomic E-state index is -3.73. The van der Waals surface area contributed by atoms with Crippen LogP contribution in [-0.4, -0.2) is 32.3 Å². The Kier molecular flexibility index (Phi) is 5.44. The fraction of sp³-hybridized carbons (Fsp3) is 0.350. The summed E-state index contributed by atoms with van der Waals surface area (Å²) in [6, 6.07) is 16.1. The second kappa shape index (κ2) is 7.60. The van der Waals surface area contributed by atoms with Gasteiger partial charge in [-0.05, 0) is 37.5 Å². The summed E-state index contributed by atoms with van der Waals surface area (Å²) < 4.78 is 32.9. The Balaban J connectivity index is 2.01. The van der Waals surface area contributed by atoms with Crippen molar-refractivity contribution < 1.29 is 17.9 Å². The van der Waals surface area contributed by atoms with E-state index in [1.165, 1.54) is 11.4 Å². The van der Waals surface area contributed by atoms with Crippen LogP contribution in [-0.2, 0) is 19.6 Å². The van der Waals surface area contributed by atoms with Crippen LogP contribution in [0.5, 0.6) is 0 Å². The summed E-state index contributed by atoms with van der Waals surface area (Å²) in [5, 5.41) is 0. The monoisotopic (exact) mass is 373 g/mol. The van der Waals surface area contributed by atoms with Crippen molar-refractivity contribution in [1.29, 1.82) is 0 Å². The van der Waals surface area contributed by atoms with Gasteiger partial charge in [-0.2, -0.15) is 4.31 Å². The predicted molar refractivity (Wildman–Crippen MR) is 99.0 cm³/mol. The number of methoxy groups -OCH3 is 1. The van der Waals surface area contributed by atoms with E-state index in [0.29, 0.717) is 12.8 Å². The number of piperidine rings is 1. The molecular weight excluding hydrogens is 350 g/mol. The number of ether oxygens (including phenoxy) is 1. The number of sulfonamides is 1. The Hall–Kier alpha value is -2.18. The normalized spacial score (nSPS) is 21.3. The van der Waals surface area contributed by atoms with Gasteiger partial charge in [0.05, 0.1) is 24.0 Å². The van der Waals surface area contributed by atoms with Gasteiger partial charge in [-0.1, -0.05) is 48.0 Å². The molecule has 0 aliphatic carbocycles. The fourth-order valence-corrected chi connectivity index (χ4v) is 5.11. The molecule has 138 valence electrons. The molecule has 26 heavy (non-hydrogen) atoms. The first kappa shape index (κ1) is 18.6. The molecule has 1 unspecified atom stereocenters. The highest BCUT2D eigenvalue weighted by molar-refractivity contribution is 7.89. The average Bonchev–Trinajstić information content (AvgIpc) is 2.68. The zero-order valence-corrected chi connectivity index (χ0v) is 15.8. The number of benzene rings is 2. The predicted octanol–water partition coefficient (Wildman–Crippen LogP) is 3.31. The lowest BCUT2D eigenvalue weighted by molar-refractivity contribution is -0.147. The van der Waals surface area contributed by atoms with Crippen LogP contribution in [0.25, 0.3) is 0 Å². The summed E-state index contributed by atoms with van der Waals surface area (Å²) >= 11 is 0. The third kappa shape index (κ3) is 3.66. The summed E-state index contributed by atoms with van der Waals surface area (Å²) in [4.78, 5) is 12.3. The summed E-state index contributed by atoms with van der Waals surface area (Å²) in [5.41, 5.74) is 1.93. The summed E-state index contributed by atoms with van der Waals surface area (Å²) in [6.07, 6.45) is 1.18. The lowest BCUT2D eigenvalue weighted by atomic mass is 9.91. The van der Waals surface area contributed by atoms with Crippen LogP contribution in [0.4, 0.5) is 0 Å². The molecule has 3 rings (SSSR count). The second-order valence-electron chi connectivity index (χ2n) is 6.61. The van der Waals surface area contributed by atoms with Crippen LogP contribution in [0.3, 0.4) is 0 Å². The molecule has 1 saturated heterocycles. The van der Waals surface area contributed by atoms with E-state index in [-0.39, 0.29) is 23.5 Å². The Morgan fingerprint density at radius 1 is 1.04 bits per heavy atom. The number of nitrogens with zero attached hydrogens (tertiary/aromatic N) is 1. The van der Waals surface area contributed by atoms with Crippen molar-refractivity contribution in [2.45, 2.75) is 30.7 Å². The molecule has 0 aromatic heterocycles. The maximum absolute atomic E-state index is 13.3. The molecule has 0 radical (unpaired) electrons. The van der Waals surface area contributed by atoms with E-state index in [9.17, 15) is 13.2 Å². The van der Waals surface area contributed by atoms with E-state index in [1.54, 1.807) is 24.3 Å². The zero-order valence-electron chi connectivity index (χ0n) is 15.0. The van der Waals surface area contributed by atoms with Gasteiger partial charge in [0.25, 0.3) is 0 Å². The van der Waals surface area contributed by atoms with Crippen LogP contribution in [0.15, 0.2) is 59.5 Å². The topological polar surface area (TPSA) is 63.7 Å². The average molecular weight is 373 g/mol. The molecule has 5 nitrogen and oxygen atoms in total. The highest BCUT2D eigenvalue weighted by Crippen LogP contribution is 2.37. The van der Waals surface area contributed by atoms with Crippen LogP contribution in [0.2, 0.25) is 0 Å². The van der Waals surface area contributed by atoms with Gasteiger partial charge in [-0.25, -0.2) is 8.42 Å². The van der Waals surface area contributed by atoms with Crippen LogP contribution in [0, 0.1) is 12.8 Å². The Morgan fingerprint density at radius 2 is 1.69 bits per heavy atom. The first-order valence-corrected chi connectivity index (χ1v) is 10.1. The number of aryl methyl sites for hydroxylation is 1. The first-order chi connectivity index (χ1) is 12.4. The SMILES string of the molecule is COC(=O)C1CC[C@H](c2ccccc2)N(S(=O)(=O)c2ccc(C)cc2)C1. The number of rotatable bonds is 4. The van der Waals surface area contributed by atoms with Gasteiger partial charge in [0, 0.05) is 6.54 Å².